The first-order valence-electron chi connectivity index (χ1n) is 6.41. The van der Waals surface area contributed by atoms with Crippen LogP contribution in [0.2, 0.25) is 0 Å². The Labute approximate surface area is 122 Å². The van der Waals surface area contributed by atoms with Gasteiger partial charge in [-0.3, -0.25) is 0 Å². The van der Waals surface area contributed by atoms with E-state index in [4.69, 9.17) is 15.2 Å². The van der Waals surface area contributed by atoms with Gasteiger partial charge in [0.1, 0.15) is 11.3 Å². The lowest BCUT2D eigenvalue weighted by Gasteiger charge is -2.11. The summed E-state index contributed by atoms with van der Waals surface area (Å²) in [5, 5.41) is 4.11. The van der Waals surface area contributed by atoms with E-state index in [-0.39, 0.29) is 0 Å². The van der Waals surface area contributed by atoms with Crippen molar-refractivity contribution in [3.8, 4) is 5.75 Å². The molecule has 0 aliphatic rings. The molecule has 1 aromatic carbocycles. The zero-order chi connectivity index (χ0) is 14.4. The molecule has 20 heavy (non-hydrogen) atoms. The molecule has 5 heteroatoms. The number of nitrogen functional groups attached to an aromatic ring is 1. The van der Waals surface area contributed by atoms with Gasteiger partial charge in [0.25, 0.3) is 0 Å². The topological polar surface area (TPSA) is 61.5 Å². The first-order chi connectivity index (χ1) is 9.70. The minimum Gasteiger partial charge on any atom is -0.492 e. The number of nitrogens with two attached hydrogens (primary N) is 1. The lowest BCUT2D eigenvalue weighted by atomic mass is 10.2. The number of rotatable bonds is 6. The van der Waals surface area contributed by atoms with E-state index in [1.165, 1.54) is 5.56 Å². The van der Waals surface area contributed by atoms with E-state index in [1.54, 1.807) is 36.5 Å². The van der Waals surface area contributed by atoms with E-state index in [0.717, 1.165) is 6.42 Å². The molecule has 0 atom stereocenters. The minimum absolute atomic E-state index is 0.331. The van der Waals surface area contributed by atoms with Crippen molar-refractivity contribution in [1.29, 1.82) is 0 Å². The molecule has 0 amide bonds. The zero-order valence-electron chi connectivity index (χ0n) is 11.3. The van der Waals surface area contributed by atoms with Gasteiger partial charge in [-0.2, -0.15) is 11.3 Å². The van der Waals surface area contributed by atoms with Crippen LogP contribution in [-0.4, -0.2) is 19.2 Å². The predicted octanol–water partition coefficient (Wildman–Crippen LogP) is 3.13. The molecule has 0 radical (unpaired) electrons. The summed E-state index contributed by atoms with van der Waals surface area (Å²) < 4.78 is 10.7. The fourth-order valence-corrected chi connectivity index (χ4v) is 2.45. The molecule has 0 spiro atoms. The first kappa shape index (κ1) is 14.4. The second-order valence-corrected chi connectivity index (χ2v) is 4.99. The van der Waals surface area contributed by atoms with Gasteiger partial charge in [-0.1, -0.05) is 0 Å². The van der Waals surface area contributed by atoms with Crippen LogP contribution >= 0.6 is 11.3 Å². The van der Waals surface area contributed by atoms with Crippen molar-refractivity contribution >= 4 is 23.0 Å². The van der Waals surface area contributed by atoms with Gasteiger partial charge in [0.05, 0.1) is 13.2 Å². The van der Waals surface area contributed by atoms with Gasteiger partial charge in [0.2, 0.25) is 0 Å². The third-order valence-corrected chi connectivity index (χ3v) is 3.46. The lowest BCUT2D eigenvalue weighted by Crippen LogP contribution is -2.09. The normalized spacial score (nSPS) is 10.2. The van der Waals surface area contributed by atoms with E-state index >= 15 is 0 Å². The first-order valence-corrected chi connectivity index (χ1v) is 7.35. The molecular formula is C15H17NO3S. The Morgan fingerprint density at radius 1 is 1.35 bits per heavy atom. The lowest BCUT2D eigenvalue weighted by molar-refractivity contribution is 0.0522. The van der Waals surface area contributed by atoms with Gasteiger partial charge < -0.3 is 15.2 Å². The number of benzene rings is 1. The molecule has 0 aliphatic heterocycles. The van der Waals surface area contributed by atoms with Crippen molar-refractivity contribution in [2.45, 2.75) is 13.3 Å². The highest BCUT2D eigenvalue weighted by Gasteiger charge is 2.14. The number of ether oxygens (including phenoxy) is 2. The average molecular weight is 291 g/mol. The van der Waals surface area contributed by atoms with E-state index < -0.39 is 5.97 Å². The molecular weight excluding hydrogens is 274 g/mol. The van der Waals surface area contributed by atoms with Gasteiger partial charge in [-0.15, -0.1) is 0 Å². The zero-order valence-corrected chi connectivity index (χ0v) is 12.1. The maximum atomic E-state index is 11.8. The number of anilines is 1. The molecule has 2 aromatic rings. The second-order valence-electron chi connectivity index (χ2n) is 4.21. The molecule has 106 valence electrons. The summed E-state index contributed by atoms with van der Waals surface area (Å²) in [6.45, 7) is 2.59. The third kappa shape index (κ3) is 3.74. The van der Waals surface area contributed by atoms with Crippen LogP contribution < -0.4 is 10.5 Å². The number of thiophene rings is 1. The quantitative estimate of drug-likeness (QED) is 0.656. The molecule has 0 saturated carbocycles. The van der Waals surface area contributed by atoms with E-state index in [0.29, 0.717) is 30.2 Å². The predicted molar refractivity (Wildman–Crippen MR) is 80.3 cm³/mol. The van der Waals surface area contributed by atoms with Crippen LogP contribution in [0.25, 0.3) is 0 Å². The van der Waals surface area contributed by atoms with Gasteiger partial charge >= 0.3 is 5.97 Å². The van der Waals surface area contributed by atoms with Crippen molar-refractivity contribution in [2.24, 2.45) is 0 Å². The van der Waals surface area contributed by atoms with Crippen LogP contribution in [0.4, 0.5) is 5.69 Å². The summed E-state index contributed by atoms with van der Waals surface area (Å²) in [5.41, 5.74) is 7.92. The Balaban J connectivity index is 2.05. The Hall–Kier alpha value is -2.01. The number of hydrogen-bond donors (Lipinski definition) is 1. The Bertz CT molecular complexity index is 567. The Morgan fingerprint density at radius 3 is 2.90 bits per heavy atom. The highest BCUT2D eigenvalue weighted by Crippen LogP contribution is 2.23. The SMILES string of the molecule is CCOC(=O)c1ccc(N)cc1OCCc1ccsc1. The number of hydrogen-bond acceptors (Lipinski definition) is 5. The summed E-state index contributed by atoms with van der Waals surface area (Å²) in [6.07, 6.45) is 0.792. The van der Waals surface area contributed by atoms with E-state index in [1.807, 2.05) is 5.38 Å². The molecule has 0 aliphatic carbocycles. The molecule has 0 unspecified atom stereocenters. The van der Waals surface area contributed by atoms with Gasteiger partial charge in [0, 0.05) is 18.2 Å². The molecule has 0 fully saturated rings. The third-order valence-electron chi connectivity index (χ3n) is 2.73. The second kappa shape index (κ2) is 6.96. The maximum Gasteiger partial charge on any atom is 0.341 e. The van der Waals surface area contributed by atoms with Crippen molar-refractivity contribution in [3.05, 3.63) is 46.2 Å². The van der Waals surface area contributed by atoms with Gasteiger partial charge in [0.15, 0.2) is 0 Å². The van der Waals surface area contributed by atoms with Crippen LogP contribution in [0.15, 0.2) is 35.0 Å². The van der Waals surface area contributed by atoms with Gasteiger partial charge in [-0.25, -0.2) is 4.79 Å². The largest absolute Gasteiger partial charge is 0.492 e. The van der Waals surface area contributed by atoms with Crippen molar-refractivity contribution in [2.75, 3.05) is 18.9 Å². The molecule has 4 nitrogen and oxygen atoms in total. The monoisotopic (exact) mass is 291 g/mol. The molecule has 1 heterocycles. The minimum atomic E-state index is -0.391. The smallest absolute Gasteiger partial charge is 0.341 e. The van der Waals surface area contributed by atoms with Crippen LogP contribution in [0.3, 0.4) is 0 Å². The highest BCUT2D eigenvalue weighted by molar-refractivity contribution is 7.07. The summed E-state index contributed by atoms with van der Waals surface area (Å²) in [6, 6.07) is 7.00. The van der Waals surface area contributed by atoms with E-state index in [9.17, 15) is 4.79 Å². The molecule has 0 bridgehead atoms. The van der Waals surface area contributed by atoms with Crippen LogP contribution in [0, 0.1) is 0 Å². The summed E-state index contributed by atoms with van der Waals surface area (Å²) in [5.74, 6) is 0.0803. The van der Waals surface area contributed by atoms with Crippen LogP contribution in [-0.2, 0) is 11.2 Å². The Morgan fingerprint density at radius 2 is 2.20 bits per heavy atom. The van der Waals surface area contributed by atoms with Crippen LogP contribution in [0.1, 0.15) is 22.8 Å². The average Bonchev–Trinajstić information content (AvgIpc) is 2.92. The Kier molecular flexibility index (Phi) is 5.01. The fraction of sp³-hybridized carbons (Fsp3) is 0.267. The number of carbonyl (C=O) groups excluding carboxylic acids is 1. The van der Waals surface area contributed by atoms with E-state index in [2.05, 4.69) is 11.4 Å². The standard InChI is InChI=1S/C15H17NO3S/c1-2-18-15(17)13-4-3-12(16)9-14(13)19-7-5-11-6-8-20-10-11/h3-4,6,8-10H,2,5,7,16H2,1H3. The van der Waals surface area contributed by atoms with Crippen molar-refractivity contribution in [3.63, 3.8) is 0 Å². The van der Waals surface area contributed by atoms with Crippen LogP contribution in [0.5, 0.6) is 5.75 Å². The summed E-state index contributed by atoms with van der Waals surface area (Å²) in [4.78, 5) is 11.8. The molecule has 1 aromatic heterocycles. The molecule has 2 rings (SSSR count). The molecule has 0 saturated heterocycles. The van der Waals surface area contributed by atoms with Crippen molar-refractivity contribution < 1.29 is 14.3 Å². The summed E-state index contributed by atoms with van der Waals surface area (Å²) >= 11 is 1.65. The van der Waals surface area contributed by atoms with Crippen molar-refractivity contribution in [1.82, 2.24) is 0 Å². The van der Waals surface area contributed by atoms with Gasteiger partial charge in [-0.05, 0) is 41.4 Å². The highest BCUT2D eigenvalue weighted by atomic mass is 32.1. The number of carbonyl (C=O) groups is 1. The molecule has 2 N–H and O–H groups in total. The summed E-state index contributed by atoms with van der Waals surface area (Å²) in [7, 11) is 0. The maximum absolute atomic E-state index is 11.8. The fourth-order valence-electron chi connectivity index (χ4n) is 1.75. The number of esters is 1.